The molecule has 5 nitrogen and oxygen atoms in total. The summed E-state index contributed by atoms with van der Waals surface area (Å²) in [5.74, 6) is -1.65. The average Bonchev–Trinajstić information content (AvgIpc) is 2.88. The molecule has 3 N–H and O–H groups in total. The highest BCUT2D eigenvalue weighted by Crippen LogP contribution is 2.14. The molecule has 0 aliphatic heterocycles. The van der Waals surface area contributed by atoms with Gasteiger partial charge in [0.25, 0.3) is 11.8 Å². The summed E-state index contributed by atoms with van der Waals surface area (Å²) in [6.07, 6.45) is 1.58. The molecule has 1 heterocycles. The number of halogens is 2. The van der Waals surface area contributed by atoms with E-state index in [0.717, 1.165) is 6.07 Å². The van der Waals surface area contributed by atoms with E-state index in [-0.39, 0.29) is 5.56 Å². The van der Waals surface area contributed by atoms with Crippen LogP contribution in [0.15, 0.2) is 41.0 Å². The van der Waals surface area contributed by atoms with Crippen LogP contribution in [-0.4, -0.2) is 16.8 Å². The third kappa shape index (κ3) is 3.41. The largest absolute Gasteiger partial charge is 0.357 e. The second-order valence-electron chi connectivity index (χ2n) is 3.65. The van der Waals surface area contributed by atoms with Crippen LogP contribution in [0.25, 0.3) is 0 Å². The van der Waals surface area contributed by atoms with Gasteiger partial charge in [-0.1, -0.05) is 15.9 Å². The zero-order valence-corrected chi connectivity index (χ0v) is 11.1. The van der Waals surface area contributed by atoms with Crippen molar-refractivity contribution >= 4 is 27.7 Å². The van der Waals surface area contributed by atoms with Crippen LogP contribution in [0.4, 0.5) is 4.39 Å². The summed E-state index contributed by atoms with van der Waals surface area (Å²) in [6, 6.07) is 6.95. The van der Waals surface area contributed by atoms with Gasteiger partial charge in [-0.3, -0.25) is 20.4 Å². The second kappa shape index (κ2) is 5.66. The Kier molecular flexibility index (Phi) is 3.96. The lowest BCUT2D eigenvalue weighted by Crippen LogP contribution is -2.41. The Balaban J connectivity index is 2.00. The van der Waals surface area contributed by atoms with Crippen LogP contribution < -0.4 is 10.9 Å². The van der Waals surface area contributed by atoms with E-state index in [2.05, 4.69) is 31.8 Å². The van der Waals surface area contributed by atoms with Crippen molar-refractivity contribution in [3.05, 3.63) is 58.1 Å². The summed E-state index contributed by atoms with van der Waals surface area (Å²) < 4.78 is 13.5. The monoisotopic (exact) mass is 325 g/mol. The van der Waals surface area contributed by atoms with Crippen molar-refractivity contribution in [2.45, 2.75) is 0 Å². The van der Waals surface area contributed by atoms with Gasteiger partial charge in [0.05, 0.1) is 0 Å². The van der Waals surface area contributed by atoms with Gasteiger partial charge < -0.3 is 4.98 Å². The molecular formula is C12H9BrFN3O2. The van der Waals surface area contributed by atoms with Crippen molar-refractivity contribution in [2.75, 3.05) is 0 Å². The van der Waals surface area contributed by atoms with E-state index in [0.29, 0.717) is 10.2 Å². The molecule has 0 bridgehead atoms. The van der Waals surface area contributed by atoms with Gasteiger partial charge in [-0.15, -0.1) is 0 Å². The van der Waals surface area contributed by atoms with Crippen LogP contribution in [0.3, 0.4) is 0 Å². The van der Waals surface area contributed by atoms with Gasteiger partial charge in [0, 0.05) is 16.2 Å². The Hall–Kier alpha value is -2.15. The van der Waals surface area contributed by atoms with E-state index in [9.17, 15) is 14.0 Å². The first-order valence-electron chi connectivity index (χ1n) is 5.26. The second-order valence-corrected chi connectivity index (χ2v) is 4.57. The minimum atomic E-state index is -0.611. The molecule has 1 aromatic carbocycles. The van der Waals surface area contributed by atoms with Crippen LogP contribution in [-0.2, 0) is 0 Å². The minimum Gasteiger partial charge on any atom is -0.357 e. The number of H-pyrrole nitrogens is 1. The zero-order chi connectivity index (χ0) is 13.8. The van der Waals surface area contributed by atoms with Crippen LogP contribution in [0.1, 0.15) is 20.8 Å². The Labute approximate surface area is 116 Å². The maximum atomic E-state index is 13.1. The van der Waals surface area contributed by atoms with Gasteiger partial charge in [0.1, 0.15) is 11.5 Å². The number of rotatable bonds is 2. The Morgan fingerprint density at radius 3 is 2.53 bits per heavy atom. The smallest absolute Gasteiger partial charge is 0.286 e. The number of aromatic amines is 1. The first kappa shape index (κ1) is 13.3. The Morgan fingerprint density at radius 2 is 1.89 bits per heavy atom. The quantitative estimate of drug-likeness (QED) is 0.739. The molecule has 0 saturated carbocycles. The Bertz CT molecular complexity index is 593. The number of amides is 2. The van der Waals surface area contributed by atoms with E-state index < -0.39 is 17.6 Å². The molecule has 7 heteroatoms. The van der Waals surface area contributed by atoms with Crippen LogP contribution in [0.2, 0.25) is 0 Å². The van der Waals surface area contributed by atoms with Crippen molar-refractivity contribution in [3.8, 4) is 0 Å². The number of hydrogen-bond donors (Lipinski definition) is 3. The summed E-state index contributed by atoms with van der Waals surface area (Å²) in [7, 11) is 0. The van der Waals surface area contributed by atoms with Gasteiger partial charge in [0.2, 0.25) is 0 Å². The van der Waals surface area contributed by atoms with Gasteiger partial charge in [-0.2, -0.15) is 0 Å². The van der Waals surface area contributed by atoms with E-state index in [1.807, 2.05) is 0 Å². The molecule has 2 aromatic rings. The maximum absolute atomic E-state index is 13.1. The summed E-state index contributed by atoms with van der Waals surface area (Å²) in [6.45, 7) is 0. The topological polar surface area (TPSA) is 74.0 Å². The Morgan fingerprint density at radius 1 is 1.16 bits per heavy atom. The number of carbonyl (C=O) groups excluding carboxylic acids is 2. The average molecular weight is 326 g/mol. The van der Waals surface area contributed by atoms with Crippen molar-refractivity contribution < 1.29 is 14.0 Å². The highest BCUT2D eigenvalue weighted by molar-refractivity contribution is 9.10. The SMILES string of the molecule is O=C(NNC(=O)c1ccc[nH]1)c1cc(F)cc(Br)c1. The van der Waals surface area contributed by atoms with Crippen LogP contribution >= 0.6 is 15.9 Å². The van der Waals surface area contributed by atoms with E-state index in [1.165, 1.54) is 12.1 Å². The highest BCUT2D eigenvalue weighted by Gasteiger charge is 2.10. The molecule has 2 amide bonds. The molecule has 98 valence electrons. The standard InChI is InChI=1S/C12H9BrFN3O2/c13-8-4-7(5-9(14)6-8)11(18)16-17-12(19)10-2-1-3-15-10/h1-6,15H,(H,16,18)(H,17,19). The molecule has 0 radical (unpaired) electrons. The number of hydrogen-bond acceptors (Lipinski definition) is 2. The predicted octanol–water partition coefficient (Wildman–Crippen LogP) is 1.99. The fraction of sp³-hybridized carbons (Fsp3) is 0. The first-order chi connectivity index (χ1) is 9.06. The summed E-state index contributed by atoms with van der Waals surface area (Å²) >= 11 is 3.08. The zero-order valence-electron chi connectivity index (χ0n) is 9.54. The van der Waals surface area contributed by atoms with E-state index in [1.54, 1.807) is 18.3 Å². The lowest BCUT2D eigenvalue weighted by atomic mass is 10.2. The van der Waals surface area contributed by atoms with Gasteiger partial charge in [-0.25, -0.2) is 4.39 Å². The molecule has 0 spiro atoms. The van der Waals surface area contributed by atoms with Gasteiger partial charge in [0.15, 0.2) is 0 Å². The van der Waals surface area contributed by atoms with Crippen LogP contribution in [0, 0.1) is 5.82 Å². The van der Waals surface area contributed by atoms with Crippen molar-refractivity contribution in [3.63, 3.8) is 0 Å². The molecule has 1 aromatic heterocycles. The fourth-order valence-corrected chi connectivity index (χ4v) is 1.87. The molecule has 2 rings (SSSR count). The van der Waals surface area contributed by atoms with Crippen molar-refractivity contribution in [1.82, 2.24) is 15.8 Å². The molecule has 0 unspecified atom stereocenters. The van der Waals surface area contributed by atoms with E-state index >= 15 is 0 Å². The number of benzene rings is 1. The molecular weight excluding hydrogens is 317 g/mol. The first-order valence-corrected chi connectivity index (χ1v) is 6.06. The van der Waals surface area contributed by atoms with E-state index in [4.69, 9.17) is 0 Å². The van der Waals surface area contributed by atoms with Crippen molar-refractivity contribution in [1.29, 1.82) is 0 Å². The van der Waals surface area contributed by atoms with Crippen molar-refractivity contribution in [2.24, 2.45) is 0 Å². The molecule has 19 heavy (non-hydrogen) atoms. The normalized spacial score (nSPS) is 10.0. The number of aromatic nitrogens is 1. The molecule has 0 atom stereocenters. The minimum absolute atomic E-state index is 0.0960. The molecule has 0 aliphatic carbocycles. The summed E-state index contributed by atoms with van der Waals surface area (Å²) in [5, 5.41) is 0. The lowest BCUT2D eigenvalue weighted by molar-refractivity contribution is 0.0844. The fourth-order valence-electron chi connectivity index (χ4n) is 1.41. The third-order valence-corrected chi connectivity index (χ3v) is 2.71. The third-order valence-electron chi connectivity index (χ3n) is 2.26. The molecule has 0 fully saturated rings. The van der Waals surface area contributed by atoms with Crippen LogP contribution in [0.5, 0.6) is 0 Å². The van der Waals surface area contributed by atoms with Gasteiger partial charge >= 0.3 is 0 Å². The highest BCUT2D eigenvalue weighted by atomic mass is 79.9. The predicted molar refractivity (Wildman–Crippen MR) is 69.8 cm³/mol. The number of hydrazine groups is 1. The lowest BCUT2D eigenvalue weighted by Gasteiger charge is -2.06. The molecule has 0 saturated heterocycles. The maximum Gasteiger partial charge on any atom is 0.286 e. The molecule has 0 aliphatic rings. The van der Waals surface area contributed by atoms with Gasteiger partial charge in [-0.05, 0) is 30.3 Å². The number of carbonyl (C=O) groups is 2. The summed E-state index contributed by atoms with van der Waals surface area (Å²) in [4.78, 5) is 25.9. The summed E-state index contributed by atoms with van der Waals surface area (Å²) in [5.41, 5.74) is 4.81. The number of nitrogens with one attached hydrogen (secondary N) is 3.